The second kappa shape index (κ2) is 6.95. The smallest absolute Gasteiger partial charge is 0.258 e. The summed E-state index contributed by atoms with van der Waals surface area (Å²) in [5.74, 6) is -2.08. The quantitative estimate of drug-likeness (QED) is 0.887. The van der Waals surface area contributed by atoms with Gasteiger partial charge in [-0.2, -0.15) is 0 Å². The van der Waals surface area contributed by atoms with Crippen molar-refractivity contribution in [3.05, 3.63) is 65.2 Å². The number of carbonyl (C=O) groups excluding carboxylic acids is 1. The maximum absolute atomic E-state index is 13.5. The number of nitrogens with one attached hydrogen (secondary N) is 2. The van der Waals surface area contributed by atoms with Gasteiger partial charge >= 0.3 is 0 Å². The van der Waals surface area contributed by atoms with Crippen molar-refractivity contribution in [1.82, 2.24) is 5.32 Å². The van der Waals surface area contributed by atoms with Crippen LogP contribution in [0.4, 0.5) is 14.5 Å². The summed E-state index contributed by atoms with van der Waals surface area (Å²) in [6.07, 6.45) is 0. The van der Waals surface area contributed by atoms with Crippen molar-refractivity contribution in [2.75, 3.05) is 11.9 Å². The molecule has 5 heteroatoms. The average molecular weight is 290 g/mol. The van der Waals surface area contributed by atoms with Gasteiger partial charge in [-0.25, -0.2) is 8.78 Å². The molecule has 0 aliphatic heterocycles. The number of hydrogen-bond acceptors (Lipinski definition) is 2. The standard InChI is InChI=1S/C16H16F2N2O/c1-2-19-10-11-4-3-5-13(8-11)20-16(21)14-9-12(17)6-7-15(14)18/h3-9,19H,2,10H2,1H3,(H,20,21). The molecule has 0 aromatic heterocycles. The van der Waals surface area contributed by atoms with Crippen molar-refractivity contribution in [3.63, 3.8) is 0 Å². The minimum atomic E-state index is -0.752. The van der Waals surface area contributed by atoms with Crippen LogP contribution in [0.15, 0.2) is 42.5 Å². The molecule has 0 spiro atoms. The van der Waals surface area contributed by atoms with Gasteiger partial charge in [0.2, 0.25) is 0 Å². The van der Waals surface area contributed by atoms with Gasteiger partial charge in [0.1, 0.15) is 11.6 Å². The van der Waals surface area contributed by atoms with E-state index < -0.39 is 17.5 Å². The van der Waals surface area contributed by atoms with Crippen LogP contribution in [0, 0.1) is 11.6 Å². The Balaban J connectivity index is 2.14. The average Bonchev–Trinajstić information content (AvgIpc) is 2.48. The third-order valence-electron chi connectivity index (χ3n) is 2.94. The summed E-state index contributed by atoms with van der Waals surface area (Å²) < 4.78 is 26.6. The van der Waals surface area contributed by atoms with E-state index >= 15 is 0 Å². The van der Waals surface area contributed by atoms with Crippen molar-refractivity contribution >= 4 is 11.6 Å². The highest BCUT2D eigenvalue weighted by atomic mass is 19.1. The molecule has 2 rings (SSSR count). The predicted molar refractivity (Wildman–Crippen MR) is 78.1 cm³/mol. The number of halogens is 2. The third kappa shape index (κ3) is 4.10. The van der Waals surface area contributed by atoms with Gasteiger partial charge in [0.25, 0.3) is 5.91 Å². The van der Waals surface area contributed by atoms with Crippen LogP contribution in [0.3, 0.4) is 0 Å². The Bertz CT molecular complexity index is 644. The summed E-state index contributed by atoms with van der Waals surface area (Å²) in [6, 6.07) is 10.00. The van der Waals surface area contributed by atoms with E-state index in [1.165, 1.54) is 0 Å². The van der Waals surface area contributed by atoms with Gasteiger partial charge in [-0.15, -0.1) is 0 Å². The molecule has 0 radical (unpaired) electrons. The van der Waals surface area contributed by atoms with Gasteiger partial charge in [-0.3, -0.25) is 4.79 Å². The summed E-state index contributed by atoms with van der Waals surface area (Å²) in [4.78, 5) is 12.0. The van der Waals surface area contributed by atoms with E-state index in [4.69, 9.17) is 0 Å². The zero-order valence-electron chi connectivity index (χ0n) is 11.6. The number of rotatable bonds is 5. The van der Waals surface area contributed by atoms with Crippen LogP contribution in [0.1, 0.15) is 22.8 Å². The summed E-state index contributed by atoms with van der Waals surface area (Å²) in [7, 11) is 0. The Morgan fingerprint density at radius 1 is 1.14 bits per heavy atom. The Labute approximate surface area is 122 Å². The molecule has 0 saturated carbocycles. The first kappa shape index (κ1) is 15.1. The van der Waals surface area contributed by atoms with Crippen LogP contribution in [0.5, 0.6) is 0 Å². The monoisotopic (exact) mass is 290 g/mol. The van der Waals surface area contributed by atoms with E-state index in [1.807, 2.05) is 13.0 Å². The Morgan fingerprint density at radius 3 is 2.71 bits per heavy atom. The lowest BCUT2D eigenvalue weighted by Crippen LogP contribution is -2.15. The molecule has 2 aromatic carbocycles. The van der Waals surface area contributed by atoms with Crippen LogP contribution in [0.2, 0.25) is 0 Å². The molecular formula is C16H16F2N2O. The molecule has 0 heterocycles. The highest BCUT2D eigenvalue weighted by Crippen LogP contribution is 2.15. The van der Waals surface area contributed by atoms with Gasteiger partial charge in [0.15, 0.2) is 0 Å². The summed E-state index contributed by atoms with van der Waals surface area (Å²) in [6.45, 7) is 3.51. The van der Waals surface area contributed by atoms with Gasteiger partial charge in [-0.1, -0.05) is 19.1 Å². The molecule has 0 aliphatic carbocycles. The predicted octanol–water partition coefficient (Wildman–Crippen LogP) is 3.33. The largest absolute Gasteiger partial charge is 0.322 e. The van der Waals surface area contributed by atoms with Crippen molar-refractivity contribution in [2.45, 2.75) is 13.5 Å². The molecule has 0 fully saturated rings. The van der Waals surface area contributed by atoms with E-state index in [-0.39, 0.29) is 5.56 Å². The molecule has 1 amide bonds. The number of amides is 1. The first-order chi connectivity index (χ1) is 10.1. The zero-order valence-corrected chi connectivity index (χ0v) is 11.6. The minimum Gasteiger partial charge on any atom is -0.322 e. The normalized spacial score (nSPS) is 10.4. The van der Waals surface area contributed by atoms with E-state index in [9.17, 15) is 13.6 Å². The highest BCUT2D eigenvalue weighted by Gasteiger charge is 2.13. The summed E-state index contributed by atoms with van der Waals surface area (Å²) in [5, 5.41) is 5.74. The number of carbonyl (C=O) groups is 1. The van der Waals surface area contributed by atoms with E-state index in [2.05, 4.69) is 10.6 Å². The second-order valence-electron chi connectivity index (χ2n) is 4.56. The van der Waals surface area contributed by atoms with E-state index in [0.717, 1.165) is 30.3 Å². The van der Waals surface area contributed by atoms with Crippen LogP contribution >= 0.6 is 0 Å². The Kier molecular flexibility index (Phi) is 5.00. The fraction of sp³-hybridized carbons (Fsp3) is 0.188. The lowest BCUT2D eigenvalue weighted by atomic mass is 10.1. The fourth-order valence-electron chi connectivity index (χ4n) is 1.90. The van der Waals surface area contributed by atoms with Crippen molar-refractivity contribution in [1.29, 1.82) is 0 Å². The summed E-state index contributed by atoms with van der Waals surface area (Å²) in [5.41, 5.74) is 1.22. The molecule has 0 aliphatic rings. The molecule has 0 saturated heterocycles. The van der Waals surface area contributed by atoms with Gasteiger partial charge in [0.05, 0.1) is 5.56 Å². The lowest BCUT2D eigenvalue weighted by molar-refractivity contribution is 0.102. The number of benzene rings is 2. The zero-order chi connectivity index (χ0) is 15.2. The second-order valence-corrected chi connectivity index (χ2v) is 4.56. The molecule has 110 valence electrons. The van der Waals surface area contributed by atoms with Crippen LogP contribution in [0.25, 0.3) is 0 Å². The molecule has 0 atom stereocenters. The minimum absolute atomic E-state index is 0.313. The Hall–Kier alpha value is -2.27. The molecular weight excluding hydrogens is 274 g/mol. The van der Waals surface area contributed by atoms with Gasteiger partial charge in [0, 0.05) is 12.2 Å². The first-order valence-electron chi connectivity index (χ1n) is 6.66. The van der Waals surface area contributed by atoms with Crippen molar-refractivity contribution in [2.24, 2.45) is 0 Å². The molecule has 0 unspecified atom stereocenters. The maximum Gasteiger partial charge on any atom is 0.258 e. The third-order valence-corrected chi connectivity index (χ3v) is 2.94. The molecule has 3 nitrogen and oxygen atoms in total. The van der Waals surface area contributed by atoms with Crippen molar-refractivity contribution < 1.29 is 13.6 Å². The highest BCUT2D eigenvalue weighted by molar-refractivity contribution is 6.04. The van der Waals surface area contributed by atoms with E-state index in [1.54, 1.807) is 18.2 Å². The fourth-order valence-corrected chi connectivity index (χ4v) is 1.90. The van der Waals surface area contributed by atoms with Gasteiger partial charge < -0.3 is 10.6 Å². The SMILES string of the molecule is CCNCc1cccc(NC(=O)c2cc(F)ccc2F)c1. The van der Waals surface area contributed by atoms with Crippen LogP contribution in [-0.2, 0) is 6.54 Å². The molecule has 2 aromatic rings. The maximum atomic E-state index is 13.5. The van der Waals surface area contributed by atoms with Crippen molar-refractivity contribution in [3.8, 4) is 0 Å². The van der Waals surface area contributed by atoms with Crippen LogP contribution in [-0.4, -0.2) is 12.5 Å². The summed E-state index contributed by atoms with van der Waals surface area (Å²) >= 11 is 0. The number of hydrogen-bond donors (Lipinski definition) is 2. The topological polar surface area (TPSA) is 41.1 Å². The van der Waals surface area contributed by atoms with E-state index in [0.29, 0.717) is 12.2 Å². The first-order valence-corrected chi connectivity index (χ1v) is 6.66. The van der Waals surface area contributed by atoms with Gasteiger partial charge in [-0.05, 0) is 42.4 Å². The Morgan fingerprint density at radius 2 is 1.95 bits per heavy atom. The molecule has 0 bridgehead atoms. The lowest BCUT2D eigenvalue weighted by Gasteiger charge is -2.08. The molecule has 2 N–H and O–H groups in total. The molecule has 21 heavy (non-hydrogen) atoms. The van der Waals surface area contributed by atoms with Crippen LogP contribution < -0.4 is 10.6 Å². The number of anilines is 1.